The van der Waals surface area contributed by atoms with Crippen LogP contribution in [-0.2, 0) is 0 Å². The number of hydrogen-bond donors (Lipinski definition) is 2. The zero-order chi connectivity index (χ0) is 16.6. The number of aliphatic hydroxyl groups is 2. The van der Waals surface area contributed by atoms with Gasteiger partial charge in [0.15, 0.2) is 0 Å². The zero-order valence-corrected chi connectivity index (χ0v) is 15.0. The van der Waals surface area contributed by atoms with Gasteiger partial charge in [-0.25, -0.2) is 0 Å². The molecule has 0 aromatic carbocycles. The average molecular weight is 306 g/mol. The predicted molar refractivity (Wildman–Crippen MR) is 92.6 cm³/mol. The Hall–Kier alpha value is -0.600. The average Bonchev–Trinajstić information content (AvgIpc) is 2.36. The van der Waals surface area contributed by atoms with Crippen molar-refractivity contribution in [3.63, 3.8) is 0 Å². The molecule has 0 spiro atoms. The van der Waals surface area contributed by atoms with Crippen molar-refractivity contribution >= 4 is 0 Å². The highest BCUT2D eigenvalue weighted by atomic mass is 16.3. The van der Waals surface area contributed by atoms with Crippen LogP contribution in [0.5, 0.6) is 0 Å². The molecule has 22 heavy (non-hydrogen) atoms. The molecule has 2 nitrogen and oxygen atoms in total. The molecule has 0 heterocycles. The lowest BCUT2D eigenvalue weighted by Gasteiger charge is -2.60. The summed E-state index contributed by atoms with van der Waals surface area (Å²) in [6, 6.07) is 0. The number of hydrogen-bond acceptors (Lipinski definition) is 2. The molecule has 2 aliphatic rings. The Labute approximate surface area is 136 Å². The van der Waals surface area contributed by atoms with Crippen LogP contribution < -0.4 is 0 Å². The van der Waals surface area contributed by atoms with Gasteiger partial charge in [0, 0.05) is 5.92 Å². The van der Waals surface area contributed by atoms with E-state index in [0.717, 1.165) is 18.4 Å². The quantitative estimate of drug-likeness (QED) is 0.755. The summed E-state index contributed by atoms with van der Waals surface area (Å²) >= 11 is 0. The number of aliphatic hydroxyl groups excluding tert-OH is 1. The van der Waals surface area contributed by atoms with E-state index in [2.05, 4.69) is 32.9 Å². The molecule has 2 saturated carbocycles. The maximum Gasteiger partial charge on any atom is 0.0687 e. The third kappa shape index (κ3) is 3.19. The molecule has 2 aliphatic carbocycles. The van der Waals surface area contributed by atoms with Crippen molar-refractivity contribution in [3.05, 3.63) is 23.8 Å². The van der Waals surface area contributed by atoms with Crippen molar-refractivity contribution in [2.75, 3.05) is 6.61 Å². The van der Waals surface area contributed by atoms with Crippen molar-refractivity contribution in [3.8, 4) is 0 Å². The third-order valence-electron chi connectivity index (χ3n) is 6.56. The summed E-state index contributed by atoms with van der Waals surface area (Å²) in [5, 5.41) is 20.1. The molecule has 126 valence electrons. The normalized spacial score (nSPS) is 42.4. The van der Waals surface area contributed by atoms with Crippen molar-refractivity contribution in [1.29, 1.82) is 0 Å². The highest BCUT2D eigenvalue weighted by Gasteiger charge is 2.57. The van der Waals surface area contributed by atoms with Gasteiger partial charge in [0.25, 0.3) is 0 Å². The van der Waals surface area contributed by atoms with E-state index >= 15 is 0 Å². The van der Waals surface area contributed by atoms with Gasteiger partial charge in [0.05, 0.1) is 12.2 Å². The van der Waals surface area contributed by atoms with E-state index in [4.69, 9.17) is 5.11 Å². The fourth-order valence-corrected chi connectivity index (χ4v) is 5.45. The van der Waals surface area contributed by atoms with Crippen LogP contribution >= 0.6 is 0 Å². The molecule has 0 aromatic heterocycles. The van der Waals surface area contributed by atoms with Crippen molar-refractivity contribution < 1.29 is 10.2 Å². The summed E-state index contributed by atoms with van der Waals surface area (Å²) < 4.78 is 0. The lowest BCUT2D eigenvalue weighted by Crippen LogP contribution is -2.56. The maximum atomic E-state index is 11.0. The lowest BCUT2D eigenvalue weighted by atomic mass is 9.45. The summed E-state index contributed by atoms with van der Waals surface area (Å²) in [7, 11) is 0. The first kappa shape index (κ1) is 17.7. The molecule has 4 atom stereocenters. The third-order valence-corrected chi connectivity index (χ3v) is 6.56. The maximum absolute atomic E-state index is 11.0. The first-order chi connectivity index (χ1) is 10.1. The van der Waals surface area contributed by atoms with Crippen LogP contribution in [-0.4, -0.2) is 22.4 Å². The monoisotopic (exact) mass is 306 g/mol. The van der Waals surface area contributed by atoms with Gasteiger partial charge in [-0.1, -0.05) is 51.0 Å². The van der Waals surface area contributed by atoms with E-state index in [1.165, 1.54) is 19.3 Å². The molecule has 0 unspecified atom stereocenters. The minimum Gasteiger partial charge on any atom is -0.392 e. The van der Waals surface area contributed by atoms with E-state index in [9.17, 15) is 5.11 Å². The van der Waals surface area contributed by atoms with Crippen molar-refractivity contribution in [1.82, 2.24) is 0 Å². The standard InChI is InChI=1S/C20H34O2/c1-15(10-14-21)7-8-17-19(4)12-6-11-18(2,3)16(19)9-13-20(17,5)22/h7-8,10,16-17,21-22H,6,9,11-14H2,1-5H3/t16-,17+,19-,20-/m0/s1. The Kier molecular flexibility index (Phi) is 4.94. The molecular weight excluding hydrogens is 272 g/mol. The topological polar surface area (TPSA) is 40.5 Å². The van der Waals surface area contributed by atoms with E-state index in [1.807, 2.05) is 19.9 Å². The fraction of sp³-hybridized carbons (Fsp3) is 0.800. The fourth-order valence-electron chi connectivity index (χ4n) is 5.45. The molecule has 0 bridgehead atoms. The SMILES string of the molecule is CC(C=C[C@@H]1[C@@]2(C)CCCC(C)(C)[C@@H]2CC[C@]1(C)O)=CCO. The molecule has 2 rings (SSSR count). The number of fused-ring (bicyclic) bond motifs is 1. The lowest BCUT2D eigenvalue weighted by molar-refractivity contribution is -0.149. The van der Waals surface area contributed by atoms with Crippen LogP contribution in [0, 0.1) is 22.7 Å². The van der Waals surface area contributed by atoms with Crippen LogP contribution in [0.1, 0.15) is 66.7 Å². The minimum absolute atomic E-state index is 0.0736. The van der Waals surface area contributed by atoms with Gasteiger partial charge in [-0.15, -0.1) is 0 Å². The van der Waals surface area contributed by atoms with Gasteiger partial charge in [0.1, 0.15) is 0 Å². The van der Waals surface area contributed by atoms with E-state index < -0.39 is 5.60 Å². The Bertz CT molecular complexity index is 458. The van der Waals surface area contributed by atoms with Crippen LogP contribution in [0.15, 0.2) is 23.8 Å². The first-order valence-corrected chi connectivity index (χ1v) is 8.82. The van der Waals surface area contributed by atoms with Crippen LogP contribution in [0.3, 0.4) is 0 Å². The van der Waals surface area contributed by atoms with Crippen molar-refractivity contribution in [2.24, 2.45) is 22.7 Å². The molecule has 2 heteroatoms. The van der Waals surface area contributed by atoms with Gasteiger partial charge in [-0.2, -0.15) is 0 Å². The van der Waals surface area contributed by atoms with Gasteiger partial charge < -0.3 is 10.2 Å². The molecule has 2 N–H and O–H groups in total. The zero-order valence-electron chi connectivity index (χ0n) is 15.0. The predicted octanol–water partition coefficient (Wildman–Crippen LogP) is 4.47. The summed E-state index contributed by atoms with van der Waals surface area (Å²) in [5.41, 5.74) is 0.971. The summed E-state index contributed by atoms with van der Waals surface area (Å²) in [4.78, 5) is 0. The first-order valence-electron chi connectivity index (χ1n) is 8.82. The van der Waals surface area contributed by atoms with E-state index in [1.54, 1.807) is 0 Å². The van der Waals surface area contributed by atoms with Gasteiger partial charge >= 0.3 is 0 Å². The summed E-state index contributed by atoms with van der Waals surface area (Å²) in [6.45, 7) is 11.3. The Balaban J connectivity index is 2.36. The second-order valence-electron chi connectivity index (χ2n) is 8.76. The second kappa shape index (κ2) is 6.13. The molecule has 0 aliphatic heterocycles. The summed E-state index contributed by atoms with van der Waals surface area (Å²) in [5.74, 6) is 0.853. The van der Waals surface area contributed by atoms with Crippen LogP contribution in [0.4, 0.5) is 0 Å². The minimum atomic E-state index is -0.630. The Morgan fingerprint density at radius 1 is 1.14 bits per heavy atom. The smallest absolute Gasteiger partial charge is 0.0687 e. The Morgan fingerprint density at radius 2 is 1.82 bits per heavy atom. The molecule has 0 radical (unpaired) electrons. The highest BCUT2D eigenvalue weighted by Crippen LogP contribution is 2.62. The van der Waals surface area contributed by atoms with Crippen molar-refractivity contribution in [2.45, 2.75) is 72.3 Å². The van der Waals surface area contributed by atoms with Gasteiger partial charge in [0.2, 0.25) is 0 Å². The number of rotatable bonds is 3. The largest absolute Gasteiger partial charge is 0.392 e. The van der Waals surface area contributed by atoms with E-state index in [0.29, 0.717) is 11.3 Å². The molecule has 2 fully saturated rings. The molecular formula is C20H34O2. The van der Waals surface area contributed by atoms with Crippen LogP contribution in [0.25, 0.3) is 0 Å². The number of allylic oxidation sites excluding steroid dienone is 2. The van der Waals surface area contributed by atoms with Gasteiger partial charge in [-0.3, -0.25) is 0 Å². The highest BCUT2D eigenvalue weighted by molar-refractivity contribution is 5.21. The molecule has 0 saturated heterocycles. The molecule has 0 amide bonds. The summed E-state index contributed by atoms with van der Waals surface area (Å²) in [6.07, 6.45) is 11.9. The second-order valence-corrected chi connectivity index (χ2v) is 8.76. The molecule has 0 aromatic rings. The van der Waals surface area contributed by atoms with E-state index in [-0.39, 0.29) is 17.9 Å². The van der Waals surface area contributed by atoms with Crippen LogP contribution in [0.2, 0.25) is 0 Å². The Morgan fingerprint density at radius 3 is 2.45 bits per heavy atom. The van der Waals surface area contributed by atoms with Gasteiger partial charge in [-0.05, 0) is 56.3 Å².